The minimum absolute atomic E-state index is 0.354. The van der Waals surface area contributed by atoms with Gasteiger partial charge in [0.1, 0.15) is 17.1 Å². The monoisotopic (exact) mass is 303 g/mol. The molecule has 2 aromatic rings. The Morgan fingerprint density at radius 2 is 1.95 bits per heavy atom. The second-order valence-electron chi connectivity index (χ2n) is 5.43. The number of hydrogen-bond acceptors (Lipinski definition) is 5. The van der Waals surface area contributed by atoms with Crippen LogP contribution in [0.2, 0.25) is 0 Å². The summed E-state index contributed by atoms with van der Waals surface area (Å²) in [5.41, 5.74) is 1.11. The van der Waals surface area contributed by atoms with Crippen molar-refractivity contribution < 1.29 is 18.7 Å². The normalized spacial score (nSPS) is 11.3. The van der Waals surface area contributed by atoms with Crippen LogP contribution in [0.4, 0.5) is 0 Å². The van der Waals surface area contributed by atoms with E-state index in [1.54, 1.807) is 13.2 Å². The van der Waals surface area contributed by atoms with Gasteiger partial charge in [-0.05, 0) is 26.0 Å². The minimum atomic E-state index is -0.402. The summed E-state index contributed by atoms with van der Waals surface area (Å²) < 4.78 is 15.5. The van der Waals surface area contributed by atoms with Crippen LogP contribution >= 0.6 is 0 Å². The van der Waals surface area contributed by atoms with E-state index in [0.717, 1.165) is 11.3 Å². The molecular formula is C17H21NO4. The molecule has 0 aliphatic carbocycles. The fourth-order valence-electron chi connectivity index (χ4n) is 2.33. The van der Waals surface area contributed by atoms with Gasteiger partial charge in [0, 0.05) is 11.1 Å². The summed E-state index contributed by atoms with van der Waals surface area (Å²) in [6.07, 6.45) is 1.49. The lowest BCUT2D eigenvalue weighted by molar-refractivity contribution is 0.0597. The number of methoxy groups -OCH3 is 2. The van der Waals surface area contributed by atoms with E-state index in [9.17, 15) is 4.79 Å². The molecule has 118 valence electrons. The number of ether oxygens (including phenoxy) is 2. The van der Waals surface area contributed by atoms with Gasteiger partial charge < -0.3 is 19.2 Å². The zero-order valence-corrected chi connectivity index (χ0v) is 13.3. The van der Waals surface area contributed by atoms with Crippen LogP contribution in [0.15, 0.2) is 41.0 Å². The second-order valence-corrected chi connectivity index (χ2v) is 5.43. The third kappa shape index (κ3) is 3.31. The minimum Gasteiger partial charge on any atom is -0.496 e. The number of carbonyl (C=O) groups excluding carboxylic acids is 1. The van der Waals surface area contributed by atoms with E-state index in [1.807, 2.05) is 38.1 Å². The van der Waals surface area contributed by atoms with Gasteiger partial charge >= 0.3 is 5.97 Å². The molecule has 1 aromatic heterocycles. The molecule has 0 amide bonds. The summed E-state index contributed by atoms with van der Waals surface area (Å²) in [6.45, 7) is 4.50. The highest BCUT2D eigenvalue weighted by molar-refractivity contribution is 5.90. The molecule has 2 rings (SSSR count). The fraction of sp³-hybridized carbons (Fsp3) is 0.353. The van der Waals surface area contributed by atoms with Gasteiger partial charge in [0.2, 0.25) is 0 Å². The molecule has 5 heteroatoms. The SMILES string of the molecule is COC(=O)c1ccoc1CNC(C)(C)c1ccccc1OC. The topological polar surface area (TPSA) is 60.7 Å². The number of rotatable bonds is 6. The zero-order valence-electron chi connectivity index (χ0n) is 13.3. The highest BCUT2D eigenvalue weighted by Gasteiger charge is 2.25. The highest BCUT2D eigenvalue weighted by Crippen LogP contribution is 2.29. The fourth-order valence-corrected chi connectivity index (χ4v) is 2.33. The van der Waals surface area contributed by atoms with Crippen molar-refractivity contribution >= 4 is 5.97 Å². The zero-order chi connectivity index (χ0) is 16.2. The van der Waals surface area contributed by atoms with Crippen LogP contribution in [0.5, 0.6) is 5.75 Å². The number of para-hydroxylation sites is 1. The average Bonchev–Trinajstić information content (AvgIpc) is 3.00. The van der Waals surface area contributed by atoms with Gasteiger partial charge in [-0.25, -0.2) is 4.79 Å². The van der Waals surface area contributed by atoms with Crippen LogP contribution in [0, 0.1) is 0 Å². The highest BCUT2D eigenvalue weighted by atomic mass is 16.5. The van der Waals surface area contributed by atoms with Crippen LogP contribution in [0.1, 0.15) is 35.5 Å². The van der Waals surface area contributed by atoms with Crippen molar-refractivity contribution in [1.82, 2.24) is 5.32 Å². The van der Waals surface area contributed by atoms with Crippen molar-refractivity contribution in [1.29, 1.82) is 0 Å². The summed E-state index contributed by atoms with van der Waals surface area (Å²) in [5, 5.41) is 3.39. The third-order valence-corrected chi connectivity index (χ3v) is 3.62. The molecular weight excluding hydrogens is 282 g/mol. The molecule has 0 bridgehead atoms. The Balaban J connectivity index is 2.16. The molecule has 5 nitrogen and oxygen atoms in total. The van der Waals surface area contributed by atoms with Gasteiger partial charge in [0.05, 0.1) is 27.0 Å². The Bertz CT molecular complexity index is 646. The van der Waals surface area contributed by atoms with E-state index in [4.69, 9.17) is 13.9 Å². The van der Waals surface area contributed by atoms with Crippen LogP contribution < -0.4 is 10.1 Å². The van der Waals surface area contributed by atoms with Crippen molar-refractivity contribution in [2.24, 2.45) is 0 Å². The van der Waals surface area contributed by atoms with Crippen LogP contribution in [0.3, 0.4) is 0 Å². The lowest BCUT2D eigenvalue weighted by Gasteiger charge is -2.28. The Hall–Kier alpha value is -2.27. The van der Waals surface area contributed by atoms with E-state index in [1.165, 1.54) is 13.4 Å². The Morgan fingerprint density at radius 3 is 2.64 bits per heavy atom. The van der Waals surface area contributed by atoms with Gasteiger partial charge in [0.15, 0.2) is 0 Å². The third-order valence-electron chi connectivity index (χ3n) is 3.62. The first-order valence-corrected chi connectivity index (χ1v) is 7.03. The van der Waals surface area contributed by atoms with Crippen molar-refractivity contribution in [3.05, 3.63) is 53.5 Å². The molecule has 1 heterocycles. The molecule has 0 saturated carbocycles. The maximum Gasteiger partial charge on any atom is 0.341 e. The van der Waals surface area contributed by atoms with E-state index >= 15 is 0 Å². The smallest absolute Gasteiger partial charge is 0.341 e. The summed E-state index contributed by atoms with van der Waals surface area (Å²) in [5.74, 6) is 0.961. The van der Waals surface area contributed by atoms with Crippen molar-refractivity contribution in [2.45, 2.75) is 25.9 Å². The number of esters is 1. The van der Waals surface area contributed by atoms with Gasteiger partial charge in [0.25, 0.3) is 0 Å². The molecule has 0 aliphatic heterocycles. The van der Waals surface area contributed by atoms with Gasteiger partial charge in [-0.2, -0.15) is 0 Å². The standard InChI is InChI=1S/C17H21NO4/c1-17(2,13-7-5-6-8-14(13)20-3)18-11-15-12(9-10-22-15)16(19)21-4/h5-10,18H,11H2,1-4H3. The first-order chi connectivity index (χ1) is 10.5. The molecule has 1 N–H and O–H groups in total. The predicted octanol–water partition coefficient (Wildman–Crippen LogP) is 3.10. The number of hydrogen-bond donors (Lipinski definition) is 1. The molecule has 0 atom stereocenters. The summed E-state index contributed by atoms with van der Waals surface area (Å²) >= 11 is 0. The van der Waals surface area contributed by atoms with Crippen LogP contribution in [-0.4, -0.2) is 20.2 Å². The molecule has 0 spiro atoms. The van der Waals surface area contributed by atoms with Crippen molar-refractivity contribution in [2.75, 3.05) is 14.2 Å². The van der Waals surface area contributed by atoms with Crippen LogP contribution in [0.25, 0.3) is 0 Å². The second kappa shape index (κ2) is 6.66. The van der Waals surface area contributed by atoms with Crippen molar-refractivity contribution in [3.63, 3.8) is 0 Å². The first-order valence-electron chi connectivity index (χ1n) is 7.03. The Morgan fingerprint density at radius 1 is 1.23 bits per heavy atom. The largest absolute Gasteiger partial charge is 0.496 e. The number of carbonyl (C=O) groups is 1. The average molecular weight is 303 g/mol. The molecule has 0 aliphatic rings. The van der Waals surface area contributed by atoms with E-state index in [2.05, 4.69) is 5.32 Å². The summed E-state index contributed by atoms with van der Waals surface area (Å²) in [4.78, 5) is 11.7. The molecule has 22 heavy (non-hydrogen) atoms. The molecule has 0 unspecified atom stereocenters. The maximum absolute atomic E-state index is 11.7. The maximum atomic E-state index is 11.7. The van der Waals surface area contributed by atoms with E-state index < -0.39 is 5.97 Å². The van der Waals surface area contributed by atoms with Crippen molar-refractivity contribution in [3.8, 4) is 5.75 Å². The van der Waals surface area contributed by atoms with E-state index in [0.29, 0.717) is 17.9 Å². The van der Waals surface area contributed by atoms with Gasteiger partial charge in [-0.1, -0.05) is 18.2 Å². The molecule has 0 fully saturated rings. The predicted molar refractivity (Wildman–Crippen MR) is 82.9 cm³/mol. The molecule has 1 aromatic carbocycles. The van der Waals surface area contributed by atoms with E-state index in [-0.39, 0.29) is 5.54 Å². The number of benzene rings is 1. The Kier molecular flexibility index (Phi) is 4.88. The first kappa shape index (κ1) is 16.1. The van der Waals surface area contributed by atoms with Gasteiger partial charge in [-0.3, -0.25) is 0 Å². The molecule has 0 saturated heterocycles. The summed E-state index contributed by atoms with van der Waals surface area (Å²) in [7, 11) is 3.00. The number of furan rings is 1. The lowest BCUT2D eigenvalue weighted by Crippen LogP contribution is -2.36. The van der Waals surface area contributed by atoms with Crippen LogP contribution in [-0.2, 0) is 16.8 Å². The lowest BCUT2D eigenvalue weighted by atomic mass is 9.93. The molecule has 0 radical (unpaired) electrons. The summed E-state index contributed by atoms with van der Waals surface area (Å²) in [6, 6.07) is 9.44. The quantitative estimate of drug-likeness (QED) is 0.831. The Labute approximate surface area is 130 Å². The van der Waals surface area contributed by atoms with Gasteiger partial charge in [-0.15, -0.1) is 0 Å². The number of nitrogens with one attached hydrogen (secondary N) is 1.